The lowest BCUT2D eigenvalue weighted by molar-refractivity contribution is 0.388. The van der Waals surface area contributed by atoms with E-state index in [1.807, 2.05) is 0 Å². The maximum atomic E-state index is 5.18. The van der Waals surface area contributed by atoms with Crippen LogP contribution in [-0.2, 0) is 0 Å². The van der Waals surface area contributed by atoms with Crippen LogP contribution in [0.2, 0.25) is 0 Å². The Bertz CT molecular complexity index is 229. The lowest BCUT2D eigenvalue weighted by atomic mass is 9.91. The Kier molecular flexibility index (Phi) is 3.30. The molecule has 3 heteroatoms. The number of thioether (sulfide) groups is 1. The Morgan fingerprint density at radius 1 is 1.38 bits per heavy atom. The molecule has 0 spiro atoms. The van der Waals surface area contributed by atoms with E-state index in [2.05, 4.69) is 4.98 Å². The van der Waals surface area contributed by atoms with Crippen LogP contribution in [0.1, 0.15) is 32.1 Å². The minimum absolute atomic E-state index is 0.825. The van der Waals surface area contributed by atoms with Crippen LogP contribution in [0.5, 0.6) is 0 Å². The number of aromatic nitrogens is 1. The molecule has 1 fully saturated rings. The monoisotopic (exact) mass is 197 g/mol. The lowest BCUT2D eigenvalue weighted by Crippen LogP contribution is -2.08. The van der Waals surface area contributed by atoms with Gasteiger partial charge in [0.25, 0.3) is 5.22 Å². The minimum Gasteiger partial charge on any atom is -0.440 e. The molecule has 72 valence electrons. The van der Waals surface area contributed by atoms with Crippen LogP contribution in [0.25, 0.3) is 0 Å². The van der Waals surface area contributed by atoms with Gasteiger partial charge in [-0.1, -0.05) is 31.0 Å². The molecule has 0 atom stereocenters. The van der Waals surface area contributed by atoms with Crippen molar-refractivity contribution < 1.29 is 4.42 Å². The predicted octanol–water partition coefficient (Wildman–Crippen LogP) is 3.35. The summed E-state index contributed by atoms with van der Waals surface area (Å²) in [6, 6.07) is 0. The second-order valence-corrected chi connectivity index (χ2v) is 4.58. The third-order valence-electron chi connectivity index (χ3n) is 2.58. The van der Waals surface area contributed by atoms with Gasteiger partial charge in [-0.2, -0.15) is 0 Å². The van der Waals surface area contributed by atoms with E-state index in [1.165, 1.54) is 37.9 Å². The second-order valence-electron chi connectivity index (χ2n) is 3.61. The fourth-order valence-electron chi connectivity index (χ4n) is 1.82. The highest BCUT2D eigenvalue weighted by molar-refractivity contribution is 7.99. The van der Waals surface area contributed by atoms with Crippen molar-refractivity contribution in [2.24, 2.45) is 5.92 Å². The van der Waals surface area contributed by atoms with Crippen molar-refractivity contribution in [2.45, 2.75) is 37.3 Å². The van der Waals surface area contributed by atoms with Crippen LogP contribution in [-0.4, -0.2) is 10.7 Å². The van der Waals surface area contributed by atoms with E-state index in [-0.39, 0.29) is 0 Å². The highest BCUT2D eigenvalue weighted by atomic mass is 32.2. The topological polar surface area (TPSA) is 26.0 Å². The normalized spacial score (nSPS) is 19.1. The van der Waals surface area contributed by atoms with Crippen LogP contribution in [0.3, 0.4) is 0 Å². The van der Waals surface area contributed by atoms with E-state index in [0.29, 0.717) is 0 Å². The van der Waals surface area contributed by atoms with Gasteiger partial charge >= 0.3 is 0 Å². The molecule has 13 heavy (non-hydrogen) atoms. The summed E-state index contributed by atoms with van der Waals surface area (Å²) >= 11 is 1.76. The fraction of sp³-hybridized carbons (Fsp3) is 0.700. The molecular weight excluding hydrogens is 182 g/mol. The highest BCUT2D eigenvalue weighted by Crippen LogP contribution is 2.29. The van der Waals surface area contributed by atoms with Gasteiger partial charge in [-0.15, -0.1) is 0 Å². The molecule has 1 aromatic heterocycles. The molecule has 1 aromatic rings. The van der Waals surface area contributed by atoms with E-state index in [9.17, 15) is 0 Å². The first-order valence-electron chi connectivity index (χ1n) is 4.97. The molecule has 1 saturated carbocycles. The summed E-state index contributed by atoms with van der Waals surface area (Å²) in [7, 11) is 0. The minimum atomic E-state index is 0.825. The summed E-state index contributed by atoms with van der Waals surface area (Å²) < 4.78 is 5.18. The first kappa shape index (κ1) is 9.13. The maximum Gasteiger partial charge on any atom is 0.255 e. The molecule has 2 rings (SSSR count). The number of rotatable bonds is 3. The van der Waals surface area contributed by atoms with E-state index in [4.69, 9.17) is 4.42 Å². The number of hydrogen-bond acceptors (Lipinski definition) is 3. The van der Waals surface area contributed by atoms with Crippen molar-refractivity contribution in [2.75, 3.05) is 5.75 Å². The fourth-order valence-corrected chi connectivity index (χ4v) is 2.80. The molecule has 0 radical (unpaired) electrons. The van der Waals surface area contributed by atoms with E-state index >= 15 is 0 Å². The summed E-state index contributed by atoms with van der Waals surface area (Å²) in [5, 5.41) is 0.825. The Balaban J connectivity index is 1.72. The number of nitrogens with zero attached hydrogens (tertiary/aromatic N) is 1. The van der Waals surface area contributed by atoms with Gasteiger partial charge in [-0.05, 0) is 18.8 Å². The van der Waals surface area contributed by atoms with Gasteiger partial charge in [-0.3, -0.25) is 0 Å². The smallest absolute Gasteiger partial charge is 0.255 e. The van der Waals surface area contributed by atoms with Gasteiger partial charge in [0, 0.05) is 5.75 Å². The zero-order valence-corrected chi connectivity index (χ0v) is 8.55. The van der Waals surface area contributed by atoms with Crippen LogP contribution in [0, 0.1) is 5.92 Å². The van der Waals surface area contributed by atoms with Crippen LogP contribution in [0.4, 0.5) is 0 Å². The van der Waals surface area contributed by atoms with Crippen molar-refractivity contribution in [1.29, 1.82) is 0 Å². The Labute approximate surface area is 83.1 Å². The van der Waals surface area contributed by atoms with Gasteiger partial charge in [0.1, 0.15) is 6.26 Å². The van der Waals surface area contributed by atoms with Gasteiger partial charge in [0.15, 0.2) is 0 Å². The Morgan fingerprint density at radius 3 is 2.92 bits per heavy atom. The van der Waals surface area contributed by atoms with Gasteiger partial charge in [0.2, 0.25) is 0 Å². The van der Waals surface area contributed by atoms with Crippen LogP contribution < -0.4 is 0 Å². The van der Waals surface area contributed by atoms with Gasteiger partial charge < -0.3 is 4.42 Å². The molecule has 0 saturated heterocycles. The van der Waals surface area contributed by atoms with E-state index < -0.39 is 0 Å². The zero-order chi connectivity index (χ0) is 8.93. The van der Waals surface area contributed by atoms with Crippen LogP contribution >= 0.6 is 11.8 Å². The lowest BCUT2D eigenvalue weighted by Gasteiger charge is -2.19. The molecule has 2 nitrogen and oxygen atoms in total. The molecule has 0 aromatic carbocycles. The molecule has 1 aliphatic carbocycles. The molecule has 0 bridgehead atoms. The first-order valence-corrected chi connectivity index (χ1v) is 5.96. The molecule has 0 amide bonds. The summed E-state index contributed by atoms with van der Waals surface area (Å²) in [6.07, 6.45) is 10.4. The zero-order valence-electron chi connectivity index (χ0n) is 7.74. The van der Waals surface area contributed by atoms with Gasteiger partial charge in [-0.25, -0.2) is 4.98 Å². The number of oxazole rings is 1. The molecule has 0 N–H and O–H groups in total. The summed E-state index contributed by atoms with van der Waals surface area (Å²) in [6.45, 7) is 0. The quantitative estimate of drug-likeness (QED) is 0.695. The van der Waals surface area contributed by atoms with Crippen molar-refractivity contribution in [1.82, 2.24) is 4.98 Å². The molecule has 0 unspecified atom stereocenters. The van der Waals surface area contributed by atoms with E-state index in [0.717, 1.165) is 11.1 Å². The molecule has 1 aliphatic rings. The molecular formula is C10H15NOS. The largest absolute Gasteiger partial charge is 0.440 e. The van der Waals surface area contributed by atoms with Crippen molar-refractivity contribution in [3.63, 3.8) is 0 Å². The van der Waals surface area contributed by atoms with Gasteiger partial charge in [0.05, 0.1) is 6.20 Å². The Hall–Kier alpha value is -0.440. The Morgan fingerprint density at radius 2 is 2.23 bits per heavy atom. The summed E-state index contributed by atoms with van der Waals surface area (Å²) in [5.41, 5.74) is 0. The molecule has 1 heterocycles. The van der Waals surface area contributed by atoms with Crippen molar-refractivity contribution in [3.05, 3.63) is 12.5 Å². The summed E-state index contributed by atoms with van der Waals surface area (Å²) in [4.78, 5) is 4.10. The third-order valence-corrected chi connectivity index (χ3v) is 3.66. The average molecular weight is 197 g/mol. The average Bonchev–Trinajstić information content (AvgIpc) is 2.69. The predicted molar refractivity (Wildman–Crippen MR) is 53.8 cm³/mol. The second kappa shape index (κ2) is 4.70. The maximum absolute atomic E-state index is 5.18. The SMILES string of the molecule is c1coc(SCC2CCCCC2)n1. The summed E-state index contributed by atoms with van der Waals surface area (Å²) in [5.74, 6) is 2.08. The van der Waals surface area contributed by atoms with Crippen molar-refractivity contribution in [3.8, 4) is 0 Å². The van der Waals surface area contributed by atoms with Crippen LogP contribution in [0.15, 0.2) is 22.1 Å². The highest BCUT2D eigenvalue weighted by Gasteiger charge is 2.14. The molecule has 0 aliphatic heterocycles. The van der Waals surface area contributed by atoms with Crippen molar-refractivity contribution >= 4 is 11.8 Å². The number of hydrogen-bond donors (Lipinski definition) is 0. The first-order chi connectivity index (χ1) is 6.45. The van der Waals surface area contributed by atoms with E-state index in [1.54, 1.807) is 24.2 Å². The standard InChI is InChI=1S/C10H15NOS/c1-2-4-9(5-3-1)8-13-10-11-6-7-12-10/h6-7,9H,1-5,8H2. The third kappa shape index (κ3) is 2.76.